The Labute approximate surface area is 284 Å². The van der Waals surface area contributed by atoms with Crippen LogP contribution in [0, 0.1) is 17.8 Å². The van der Waals surface area contributed by atoms with E-state index >= 15 is 0 Å². The van der Waals surface area contributed by atoms with E-state index in [0.717, 1.165) is 0 Å². The largest absolute Gasteiger partial charge is 0.455 e. The first kappa shape index (κ1) is 35.3. The summed E-state index contributed by atoms with van der Waals surface area (Å²) in [5, 5.41) is 13.6. The minimum atomic E-state index is -1.46. The lowest BCUT2D eigenvalue weighted by molar-refractivity contribution is -0.163. The Balaban J connectivity index is 1.65. The van der Waals surface area contributed by atoms with E-state index in [1.807, 2.05) is 70.2 Å². The number of nitrogens with one attached hydrogen (secondary N) is 1. The van der Waals surface area contributed by atoms with Crippen LogP contribution in [0.15, 0.2) is 53.0 Å². The molecule has 4 aliphatic rings. The third-order valence-electron chi connectivity index (χ3n) is 9.56. The van der Waals surface area contributed by atoms with Crippen molar-refractivity contribution < 1.29 is 38.5 Å². The summed E-state index contributed by atoms with van der Waals surface area (Å²) in [6.07, 6.45) is 4.74. The molecular weight excluding hydrogens is 670 g/mol. The fourth-order valence-corrected chi connectivity index (χ4v) is 8.28. The van der Waals surface area contributed by atoms with Crippen molar-refractivity contribution in [3.63, 3.8) is 0 Å². The van der Waals surface area contributed by atoms with Crippen molar-refractivity contribution in [3.8, 4) is 0 Å². The summed E-state index contributed by atoms with van der Waals surface area (Å²) in [6.45, 7) is 7.74. The van der Waals surface area contributed by atoms with Crippen LogP contribution < -0.4 is 5.32 Å². The van der Waals surface area contributed by atoms with Crippen LogP contribution in [0.2, 0.25) is 0 Å². The number of esters is 1. The van der Waals surface area contributed by atoms with Crippen LogP contribution in [0.4, 0.5) is 0 Å². The van der Waals surface area contributed by atoms with Crippen molar-refractivity contribution in [2.75, 3.05) is 26.9 Å². The number of carbonyl (C=O) groups is 4. The van der Waals surface area contributed by atoms with Crippen LogP contribution in [0.3, 0.4) is 0 Å². The van der Waals surface area contributed by atoms with Gasteiger partial charge in [-0.2, -0.15) is 0 Å². The normalized spacial score (nSPS) is 32.8. The highest BCUT2D eigenvalue weighted by molar-refractivity contribution is 9.11. The summed E-state index contributed by atoms with van der Waals surface area (Å²) in [7, 11) is 1.51. The fourth-order valence-electron chi connectivity index (χ4n) is 7.54. The minimum absolute atomic E-state index is 0.0655. The molecular formula is C35H46BrN3O8. The maximum absolute atomic E-state index is 14.7. The number of likely N-dealkylation sites (tertiary alicyclic amines) is 1. The van der Waals surface area contributed by atoms with Gasteiger partial charge in [0.15, 0.2) is 0 Å². The van der Waals surface area contributed by atoms with Crippen molar-refractivity contribution in [1.82, 2.24) is 15.1 Å². The highest BCUT2D eigenvalue weighted by Gasteiger charge is 2.75. The third-order valence-corrected chi connectivity index (χ3v) is 10.2. The maximum Gasteiger partial charge on any atom is 0.313 e. The van der Waals surface area contributed by atoms with Gasteiger partial charge in [-0.05, 0) is 44.2 Å². The molecule has 256 valence electrons. The van der Waals surface area contributed by atoms with Gasteiger partial charge in [-0.15, -0.1) is 0 Å². The topological polar surface area (TPSA) is 135 Å². The average Bonchev–Trinajstić information content (AvgIpc) is 3.62. The van der Waals surface area contributed by atoms with Gasteiger partial charge in [-0.3, -0.25) is 19.2 Å². The number of methoxy groups -OCH3 is 1. The second-order valence-corrected chi connectivity index (χ2v) is 14.4. The van der Waals surface area contributed by atoms with Crippen molar-refractivity contribution in [2.24, 2.45) is 17.8 Å². The number of cyclic esters (lactones) is 1. The lowest BCUT2D eigenvalue weighted by atomic mass is 9.74. The second-order valence-electron chi connectivity index (χ2n) is 13.5. The van der Waals surface area contributed by atoms with Gasteiger partial charge in [-0.25, -0.2) is 0 Å². The van der Waals surface area contributed by atoms with Crippen molar-refractivity contribution in [2.45, 2.75) is 88.9 Å². The van der Waals surface area contributed by atoms with Gasteiger partial charge in [0.2, 0.25) is 17.7 Å². The van der Waals surface area contributed by atoms with Gasteiger partial charge in [-0.1, -0.05) is 72.3 Å². The molecule has 1 spiro atoms. The zero-order valence-corrected chi connectivity index (χ0v) is 29.2. The van der Waals surface area contributed by atoms with Gasteiger partial charge in [0, 0.05) is 30.6 Å². The van der Waals surface area contributed by atoms with E-state index < -0.39 is 59.6 Å². The summed E-state index contributed by atoms with van der Waals surface area (Å²) in [5.74, 6) is -3.73. The van der Waals surface area contributed by atoms with Gasteiger partial charge >= 0.3 is 5.97 Å². The zero-order chi connectivity index (χ0) is 34.0. The smallest absolute Gasteiger partial charge is 0.313 e. The lowest BCUT2D eigenvalue weighted by Crippen LogP contribution is -2.59. The molecule has 0 aromatic heterocycles. The molecule has 2 fully saturated rings. The Bertz CT molecular complexity index is 1400. The number of benzene rings is 1. The van der Waals surface area contributed by atoms with Crippen LogP contribution in [-0.4, -0.2) is 101 Å². The number of hydrogen-bond donors (Lipinski definition) is 2. The number of fused-ring (bicyclic) bond motifs is 2. The summed E-state index contributed by atoms with van der Waals surface area (Å²) in [4.78, 5) is 60.1. The average molecular weight is 717 g/mol. The molecule has 0 saturated carbocycles. The number of amides is 3. The van der Waals surface area contributed by atoms with Gasteiger partial charge in [0.25, 0.3) is 0 Å². The van der Waals surface area contributed by atoms with Gasteiger partial charge in [0.1, 0.15) is 29.8 Å². The molecule has 0 unspecified atom stereocenters. The van der Waals surface area contributed by atoms with E-state index in [1.54, 1.807) is 11.0 Å². The van der Waals surface area contributed by atoms with Gasteiger partial charge in [0.05, 0.1) is 31.2 Å². The van der Waals surface area contributed by atoms with Crippen molar-refractivity contribution >= 4 is 39.6 Å². The summed E-state index contributed by atoms with van der Waals surface area (Å²) in [6, 6.07) is 6.33. The lowest BCUT2D eigenvalue weighted by Gasteiger charge is -2.40. The molecule has 2 saturated heterocycles. The number of hydrogen-bond acceptors (Lipinski definition) is 8. The van der Waals surface area contributed by atoms with Crippen LogP contribution in [0.25, 0.3) is 0 Å². The molecule has 11 nitrogen and oxygen atoms in total. The number of aliphatic hydroxyl groups is 1. The molecule has 5 bridgehead atoms. The quantitative estimate of drug-likeness (QED) is 0.310. The monoisotopic (exact) mass is 715 g/mol. The Kier molecular flexibility index (Phi) is 10.9. The summed E-state index contributed by atoms with van der Waals surface area (Å²) >= 11 is 3.60. The second kappa shape index (κ2) is 14.6. The number of nitrogens with zero attached hydrogens (tertiary/aromatic N) is 2. The first-order chi connectivity index (χ1) is 22.4. The first-order valence-corrected chi connectivity index (χ1v) is 17.2. The maximum atomic E-state index is 14.7. The van der Waals surface area contributed by atoms with E-state index in [1.165, 1.54) is 12.0 Å². The number of halogens is 1. The van der Waals surface area contributed by atoms with Crippen LogP contribution in [0.1, 0.15) is 58.6 Å². The van der Waals surface area contributed by atoms with E-state index in [2.05, 4.69) is 21.2 Å². The molecule has 0 radical (unpaired) electrons. The Hall–Kier alpha value is -3.06. The minimum Gasteiger partial charge on any atom is -0.455 e. The molecule has 4 heterocycles. The number of aliphatic hydroxyl groups excluding tert-OH is 1. The Morgan fingerprint density at radius 3 is 2.43 bits per heavy atom. The Morgan fingerprint density at radius 1 is 1.06 bits per heavy atom. The predicted molar refractivity (Wildman–Crippen MR) is 177 cm³/mol. The molecule has 2 N–H and O–H groups in total. The molecule has 1 aromatic carbocycles. The fraction of sp³-hybridized carbons (Fsp3) is 0.600. The third kappa shape index (κ3) is 6.66. The molecule has 1 aromatic rings. The van der Waals surface area contributed by atoms with E-state index in [-0.39, 0.29) is 50.0 Å². The van der Waals surface area contributed by atoms with Crippen molar-refractivity contribution in [3.05, 3.63) is 58.6 Å². The molecule has 0 aliphatic carbocycles. The molecule has 8 atom stereocenters. The number of rotatable bonds is 8. The predicted octanol–water partition coefficient (Wildman–Crippen LogP) is 3.27. The van der Waals surface area contributed by atoms with E-state index in [0.29, 0.717) is 22.9 Å². The van der Waals surface area contributed by atoms with Crippen molar-refractivity contribution in [1.29, 1.82) is 0 Å². The first-order valence-electron chi connectivity index (χ1n) is 16.4. The summed E-state index contributed by atoms with van der Waals surface area (Å²) in [5.41, 5.74) is -0.814. The zero-order valence-electron chi connectivity index (χ0n) is 27.6. The SMILES string of the molecule is COC[C@H]1NC(=O)CC/C=C\CN(C(C)C)C(=O)[C@@H]2N([C@@H](CO)CC(C)C)C(=O)[C@H]3[C@H](C(=O)O[C@@H]1c1ccccc1)[C@H]1O[C@@]23C=C1Br. The van der Waals surface area contributed by atoms with Crippen LogP contribution in [0.5, 0.6) is 0 Å². The van der Waals surface area contributed by atoms with Crippen LogP contribution in [-0.2, 0) is 33.4 Å². The standard InChI is InChI=1S/C35H46BrN3O8/c1-20(2)16-23(18-40)39-31-33(43)38(21(3)4)15-11-7-10-14-26(41)37-25(19-45-5)29(22-12-8-6-9-13-22)46-34(44)27-28(32(39)42)35(31)17-24(36)30(27)47-35/h6-9,11-13,17,20-21,23,25,27-31,40H,10,14-16,18-19H2,1-5H3,(H,37,41)/b11-7-/t23-,25-,27+,28-,29-,30+,31+,35-/m1/s1. The molecule has 3 amide bonds. The Morgan fingerprint density at radius 2 is 1.79 bits per heavy atom. The highest BCUT2D eigenvalue weighted by atomic mass is 79.9. The van der Waals surface area contributed by atoms with E-state index in [9.17, 15) is 24.3 Å². The van der Waals surface area contributed by atoms with Gasteiger partial charge < -0.3 is 34.4 Å². The number of carbonyl (C=O) groups excluding carboxylic acids is 4. The number of allylic oxidation sites excluding steroid dienone is 1. The molecule has 5 rings (SSSR count). The number of ether oxygens (including phenoxy) is 3. The van der Waals surface area contributed by atoms with Crippen LogP contribution >= 0.6 is 15.9 Å². The molecule has 4 aliphatic heterocycles. The van der Waals surface area contributed by atoms with E-state index in [4.69, 9.17) is 14.2 Å². The highest BCUT2D eigenvalue weighted by Crippen LogP contribution is 2.59. The summed E-state index contributed by atoms with van der Waals surface area (Å²) < 4.78 is 18.9. The molecule has 12 heteroatoms. The molecule has 47 heavy (non-hydrogen) atoms.